The van der Waals surface area contributed by atoms with Gasteiger partial charge in [0.15, 0.2) is 0 Å². The van der Waals surface area contributed by atoms with Crippen LogP contribution in [0.2, 0.25) is 0 Å². The average Bonchev–Trinajstić information content (AvgIpc) is 2.84. The van der Waals surface area contributed by atoms with Gasteiger partial charge < -0.3 is 10.2 Å². The van der Waals surface area contributed by atoms with Crippen LogP contribution in [0.5, 0.6) is 0 Å². The first-order valence-electron chi connectivity index (χ1n) is 12.2. The van der Waals surface area contributed by atoms with Crippen molar-refractivity contribution in [1.82, 2.24) is 10.0 Å². The molecule has 2 aromatic carbocycles. The van der Waals surface area contributed by atoms with Gasteiger partial charge in [-0.3, -0.25) is 4.79 Å². The molecule has 2 aromatic rings. The quantitative estimate of drug-likeness (QED) is 0.612. The lowest BCUT2D eigenvalue weighted by molar-refractivity contribution is -0.121. The van der Waals surface area contributed by atoms with E-state index in [4.69, 9.17) is 0 Å². The number of rotatable bonds is 8. The number of aryl methyl sites for hydroxylation is 1. The van der Waals surface area contributed by atoms with E-state index < -0.39 is 10.0 Å². The van der Waals surface area contributed by atoms with Gasteiger partial charge in [-0.2, -0.15) is 0 Å². The molecule has 1 aliphatic carbocycles. The first kappa shape index (κ1) is 23.8. The molecule has 2 N–H and O–H groups in total. The van der Waals surface area contributed by atoms with E-state index >= 15 is 0 Å². The molecule has 6 nitrogen and oxygen atoms in total. The monoisotopic (exact) mass is 469 g/mol. The molecule has 0 aromatic heterocycles. The highest BCUT2D eigenvalue weighted by atomic mass is 32.2. The topological polar surface area (TPSA) is 78.5 Å². The summed E-state index contributed by atoms with van der Waals surface area (Å²) in [5.41, 5.74) is 2.17. The van der Waals surface area contributed by atoms with Crippen molar-refractivity contribution in [3.63, 3.8) is 0 Å². The predicted octanol–water partition coefficient (Wildman–Crippen LogP) is 4.02. The minimum atomic E-state index is -3.49. The van der Waals surface area contributed by atoms with Gasteiger partial charge in [-0.15, -0.1) is 0 Å². The van der Waals surface area contributed by atoms with Crippen LogP contribution in [-0.4, -0.2) is 39.5 Å². The summed E-state index contributed by atoms with van der Waals surface area (Å²) < 4.78 is 28.4. The maximum absolute atomic E-state index is 12.8. The molecule has 1 unspecified atom stereocenters. The van der Waals surface area contributed by atoms with Gasteiger partial charge in [0.2, 0.25) is 15.9 Å². The SMILES string of the molecule is O=C(CCc1ccccc1)NC1CCCN(c2ccc(S(=O)(=O)NC3CCCCC3)cc2)C1. The summed E-state index contributed by atoms with van der Waals surface area (Å²) >= 11 is 0. The molecule has 1 saturated heterocycles. The molecular weight excluding hydrogens is 434 g/mol. The lowest BCUT2D eigenvalue weighted by Crippen LogP contribution is -2.47. The van der Waals surface area contributed by atoms with Gasteiger partial charge >= 0.3 is 0 Å². The van der Waals surface area contributed by atoms with Crippen LogP contribution in [0.4, 0.5) is 5.69 Å². The number of nitrogens with zero attached hydrogens (tertiary/aromatic N) is 1. The smallest absolute Gasteiger partial charge is 0.240 e. The normalized spacial score (nSPS) is 19.9. The van der Waals surface area contributed by atoms with Gasteiger partial charge in [-0.05, 0) is 61.9 Å². The molecule has 1 heterocycles. The number of amides is 1. The fourth-order valence-corrected chi connectivity index (χ4v) is 6.18. The molecule has 1 aliphatic heterocycles. The number of nitrogens with one attached hydrogen (secondary N) is 2. The van der Waals surface area contributed by atoms with Crippen LogP contribution in [0, 0.1) is 0 Å². The zero-order valence-electron chi connectivity index (χ0n) is 19.2. The molecule has 2 aliphatic rings. The Labute approximate surface area is 197 Å². The zero-order chi connectivity index (χ0) is 23.1. The third-order valence-electron chi connectivity index (χ3n) is 6.71. The van der Waals surface area contributed by atoms with Crippen molar-refractivity contribution < 1.29 is 13.2 Å². The Bertz CT molecular complexity index is 1000. The van der Waals surface area contributed by atoms with Gasteiger partial charge in [-0.1, -0.05) is 49.6 Å². The van der Waals surface area contributed by atoms with E-state index in [9.17, 15) is 13.2 Å². The van der Waals surface area contributed by atoms with E-state index in [1.165, 1.54) is 12.0 Å². The van der Waals surface area contributed by atoms with E-state index in [2.05, 4.69) is 14.9 Å². The van der Waals surface area contributed by atoms with E-state index in [-0.39, 0.29) is 18.0 Å². The summed E-state index contributed by atoms with van der Waals surface area (Å²) in [5.74, 6) is 0.0842. The molecule has 4 rings (SSSR count). The molecule has 33 heavy (non-hydrogen) atoms. The van der Waals surface area contributed by atoms with Crippen LogP contribution in [0.1, 0.15) is 56.9 Å². The molecule has 0 bridgehead atoms. The van der Waals surface area contributed by atoms with Crippen LogP contribution in [0.25, 0.3) is 0 Å². The highest BCUT2D eigenvalue weighted by Gasteiger charge is 2.24. The van der Waals surface area contributed by atoms with Crippen LogP contribution < -0.4 is 14.9 Å². The largest absolute Gasteiger partial charge is 0.369 e. The number of hydrogen-bond acceptors (Lipinski definition) is 4. The molecule has 1 saturated carbocycles. The number of carbonyl (C=O) groups excluding carboxylic acids is 1. The fraction of sp³-hybridized carbons (Fsp3) is 0.500. The highest BCUT2D eigenvalue weighted by molar-refractivity contribution is 7.89. The van der Waals surface area contributed by atoms with Crippen LogP contribution in [0.15, 0.2) is 59.5 Å². The molecule has 7 heteroatoms. The second-order valence-electron chi connectivity index (χ2n) is 9.29. The molecule has 1 amide bonds. The highest BCUT2D eigenvalue weighted by Crippen LogP contribution is 2.24. The summed E-state index contributed by atoms with van der Waals surface area (Å²) in [6, 6.07) is 17.4. The summed E-state index contributed by atoms with van der Waals surface area (Å²) in [5, 5.41) is 3.18. The molecule has 0 radical (unpaired) electrons. The van der Waals surface area contributed by atoms with Crippen molar-refractivity contribution in [3.05, 3.63) is 60.2 Å². The van der Waals surface area contributed by atoms with Crippen molar-refractivity contribution in [2.24, 2.45) is 0 Å². The fourth-order valence-electron chi connectivity index (χ4n) is 4.88. The van der Waals surface area contributed by atoms with Crippen molar-refractivity contribution in [3.8, 4) is 0 Å². The Kier molecular flexibility index (Phi) is 8.04. The van der Waals surface area contributed by atoms with E-state index in [1.807, 2.05) is 42.5 Å². The van der Waals surface area contributed by atoms with Crippen molar-refractivity contribution in [1.29, 1.82) is 0 Å². The number of piperidine rings is 1. The summed E-state index contributed by atoms with van der Waals surface area (Å²) in [7, 11) is -3.49. The average molecular weight is 470 g/mol. The number of anilines is 1. The Morgan fingerprint density at radius 3 is 2.30 bits per heavy atom. The Hall–Kier alpha value is -2.38. The van der Waals surface area contributed by atoms with Gasteiger partial charge in [0, 0.05) is 37.3 Å². The molecule has 0 spiro atoms. The second kappa shape index (κ2) is 11.2. The van der Waals surface area contributed by atoms with Crippen molar-refractivity contribution >= 4 is 21.6 Å². The van der Waals surface area contributed by atoms with Crippen LogP contribution in [-0.2, 0) is 21.2 Å². The molecule has 1 atom stereocenters. The zero-order valence-corrected chi connectivity index (χ0v) is 20.0. The summed E-state index contributed by atoms with van der Waals surface area (Å²) in [4.78, 5) is 15.0. The lowest BCUT2D eigenvalue weighted by atomic mass is 9.96. The number of sulfonamides is 1. The maximum atomic E-state index is 12.8. The van der Waals surface area contributed by atoms with E-state index in [0.29, 0.717) is 11.3 Å². The first-order chi connectivity index (χ1) is 16.0. The van der Waals surface area contributed by atoms with E-state index in [0.717, 1.165) is 63.7 Å². The minimum absolute atomic E-state index is 0.0526. The maximum Gasteiger partial charge on any atom is 0.240 e. The minimum Gasteiger partial charge on any atom is -0.369 e. The van der Waals surface area contributed by atoms with Gasteiger partial charge in [0.05, 0.1) is 4.90 Å². The van der Waals surface area contributed by atoms with Crippen molar-refractivity contribution in [2.75, 3.05) is 18.0 Å². The van der Waals surface area contributed by atoms with Crippen LogP contribution in [0.3, 0.4) is 0 Å². The van der Waals surface area contributed by atoms with Crippen molar-refractivity contribution in [2.45, 2.75) is 74.8 Å². The predicted molar refractivity (Wildman–Crippen MR) is 132 cm³/mol. The van der Waals surface area contributed by atoms with Gasteiger partial charge in [0.25, 0.3) is 0 Å². The molecule has 178 valence electrons. The second-order valence-corrected chi connectivity index (χ2v) is 11.0. The Morgan fingerprint density at radius 2 is 1.58 bits per heavy atom. The Balaban J connectivity index is 1.30. The number of benzene rings is 2. The van der Waals surface area contributed by atoms with Gasteiger partial charge in [-0.25, -0.2) is 13.1 Å². The summed E-state index contributed by atoms with van der Waals surface area (Å²) in [6.07, 6.45) is 8.40. The van der Waals surface area contributed by atoms with E-state index in [1.54, 1.807) is 12.1 Å². The number of hydrogen-bond donors (Lipinski definition) is 2. The van der Waals surface area contributed by atoms with Gasteiger partial charge in [0.1, 0.15) is 0 Å². The molecule has 2 fully saturated rings. The third kappa shape index (κ3) is 6.81. The van der Waals surface area contributed by atoms with Crippen LogP contribution >= 0.6 is 0 Å². The first-order valence-corrected chi connectivity index (χ1v) is 13.7. The molecular formula is C26H35N3O3S. The summed E-state index contributed by atoms with van der Waals surface area (Å²) in [6.45, 7) is 1.65. The standard InChI is InChI=1S/C26H35N3O3S/c30-26(18-13-21-8-3-1-4-9-21)27-23-12-7-19-29(20-23)24-14-16-25(17-15-24)33(31,32)28-22-10-5-2-6-11-22/h1,3-4,8-9,14-17,22-23,28H,2,5-7,10-13,18-20H2,(H,27,30). The Morgan fingerprint density at radius 1 is 0.879 bits per heavy atom. The third-order valence-corrected chi connectivity index (χ3v) is 8.25. The number of carbonyl (C=O) groups is 1. The lowest BCUT2D eigenvalue weighted by Gasteiger charge is -2.35.